The Morgan fingerprint density at radius 2 is 1.76 bits per heavy atom. The second-order valence-electron chi connectivity index (χ2n) is 11.7. The molecule has 5 aromatic rings. The molecule has 1 saturated heterocycles. The van der Waals surface area contributed by atoms with Crippen molar-refractivity contribution in [2.24, 2.45) is 0 Å². The Kier molecular flexibility index (Phi) is 8.00. The van der Waals surface area contributed by atoms with Gasteiger partial charge in [0.25, 0.3) is 5.91 Å². The highest BCUT2D eigenvalue weighted by Gasteiger charge is 2.21. The second kappa shape index (κ2) is 12.0. The van der Waals surface area contributed by atoms with Crippen LogP contribution in [0.2, 0.25) is 0 Å². The number of hydrogen-bond acceptors (Lipinski definition) is 6. The van der Waals surface area contributed by atoms with Gasteiger partial charge in [0, 0.05) is 44.0 Å². The number of amides is 1. The number of thiophene rings is 1. The lowest BCUT2D eigenvalue weighted by Crippen LogP contribution is -2.47. The highest BCUT2D eigenvalue weighted by atomic mass is 32.1. The van der Waals surface area contributed by atoms with Crippen molar-refractivity contribution >= 4 is 39.7 Å². The van der Waals surface area contributed by atoms with E-state index in [0.29, 0.717) is 11.5 Å². The summed E-state index contributed by atoms with van der Waals surface area (Å²) in [6.45, 7) is 12.0. The van der Waals surface area contributed by atoms with E-state index in [-0.39, 0.29) is 11.3 Å². The maximum atomic E-state index is 12.2. The number of para-hydroxylation sites is 1. The molecule has 6 rings (SSSR count). The number of carbonyl (C=O) groups excluding carboxylic acids is 1. The van der Waals surface area contributed by atoms with Gasteiger partial charge in [-0.3, -0.25) is 9.69 Å². The number of imidazole rings is 1. The van der Waals surface area contributed by atoms with E-state index < -0.39 is 0 Å². The summed E-state index contributed by atoms with van der Waals surface area (Å²) in [4.78, 5) is 26.4. The van der Waals surface area contributed by atoms with Crippen LogP contribution in [0.3, 0.4) is 0 Å². The summed E-state index contributed by atoms with van der Waals surface area (Å²) in [6, 6.07) is 26.3. The van der Waals surface area contributed by atoms with Gasteiger partial charge in [-0.15, -0.1) is 11.3 Å². The standard InChI is InChI=1S/C34H37N5O2S/c1-34(2,3)25-8-4-7-24(23-25)32-36-28-9-5-10-29(31(28)37-32)39-18-16-38(17-19-39)20-21-41-27-14-12-26(13-15-27)35-33(40)30-11-6-22-42-30/h4-15,22-23H,16-21H2,1-3H3,(H,35,40)(H,36,37). The van der Waals surface area contributed by atoms with Gasteiger partial charge in [-0.25, -0.2) is 4.98 Å². The molecule has 3 heterocycles. The lowest BCUT2D eigenvalue weighted by molar-refractivity contribution is 0.103. The highest BCUT2D eigenvalue weighted by molar-refractivity contribution is 7.12. The van der Waals surface area contributed by atoms with Crippen molar-refractivity contribution in [3.63, 3.8) is 0 Å². The number of ether oxygens (including phenoxy) is 1. The molecule has 216 valence electrons. The van der Waals surface area contributed by atoms with Gasteiger partial charge in [-0.2, -0.15) is 0 Å². The molecule has 1 fully saturated rings. The lowest BCUT2D eigenvalue weighted by atomic mass is 9.86. The third-order valence-electron chi connectivity index (χ3n) is 7.74. The predicted octanol–water partition coefficient (Wildman–Crippen LogP) is 7.04. The fourth-order valence-corrected chi connectivity index (χ4v) is 5.90. The Balaban J connectivity index is 1.02. The fourth-order valence-electron chi connectivity index (χ4n) is 5.28. The Morgan fingerprint density at radius 1 is 0.976 bits per heavy atom. The van der Waals surface area contributed by atoms with Gasteiger partial charge in [-0.05, 0) is 64.9 Å². The Bertz CT molecular complexity index is 1650. The number of aromatic nitrogens is 2. The van der Waals surface area contributed by atoms with Gasteiger partial charge >= 0.3 is 0 Å². The molecular formula is C34H37N5O2S. The molecule has 1 amide bonds. The van der Waals surface area contributed by atoms with Crippen molar-refractivity contribution in [2.45, 2.75) is 26.2 Å². The molecule has 0 unspecified atom stereocenters. The molecule has 0 bridgehead atoms. The summed E-state index contributed by atoms with van der Waals surface area (Å²) in [5.74, 6) is 1.63. The number of aromatic amines is 1. The molecule has 7 nitrogen and oxygen atoms in total. The summed E-state index contributed by atoms with van der Waals surface area (Å²) in [7, 11) is 0. The molecule has 3 aromatic carbocycles. The molecule has 8 heteroatoms. The Labute approximate surface area is 251 Å². The van der Waals surface area contributed by atoms with Crippen molar-refractivity contribution in [2.75, 3.05) is 49.5 Å². The van der Waals surface area contributed by atoms with E-state index in [1.165, 1.54) is 22.6 Å². The van der Waals surface area contributed by atoms with Crippen molar-refractivity contribution in [1.82, 2.24) is 14.9 Å². The van der Waals surface area contributed by atoms with Crippen LogP contribution in [0, 0.1) is 0 Å². The maximum Gasteiger partial charge on any atom is 0.265 e. The highest BCUT2D eigenvalue weighted by Crippen LogP contribution is 2.31. The van der Waals surface area contributed by atoms with Crippen molar-refractivity contribution in [3.8, 4) is 17.1 Å². The topological polar surface area (TPSA) is 73.5 Å². The Hall–Kier alpha value is -4.14. The maximum absolute atomic E-state index is 12.2. The zero-order chi connectivity index (χ0) is 29.1. The first-order valence-corrected chi connectivity index (χ1v) is 15.4. The third kappa shape index (κ3) is 6.35. The van der Waals surface area contributed by atoms with Gasteiger partial charge in [0.2, 0.25) is 0 Å². The first kappa shape index (κ1) is 28.0. The number of fused-ring (bicyclic) bond motifs is 1. The largest absolute Gasteiger partial charge is 0.492 e. The van der Waals surface area contributed by atoms with Crippen LogP contribution in [0.25, 0.3) is 22.4 Å². The summed E-state index contributed by atoms with van der Waals surface area (Å²) in [5, 5.41) is 4.82. The summed E-state index contributed by atoms with van der Waals surface area (Å²) in [6.07, 6.45) is 0. The zero-order valence-corrected chi connectivity index (χ0v) is 25.2. The molecule has 0 atom stereocenters. The third-order valence-corrected chi connectivity index (χ3v) is 8.61. The average Bonchev–Trinajstić information content (AvgIpc) is 3.69. The number of benzene rings is 3. The van der Waals surface area contributed by atoms with Gasteiger partial charge in [0.15, 0.2) is 0 Å². The summed E-state index contributed by atoms with van der Waals surface area (Å²) < 4.78 is 6.00. The molecule has 1 aliphatic rings. The van der Waals surface area contributed by atoms with Crippen molar-refractivity contribution in [3.05, 3.63) is 94.7 Å². The van der Waals surface area contributed by atoms with Crippen LogP contribution in [0.1, 0.15) is 36.0 Å². The first-order chi connectivity index (χ1) is 20.3. The van der Waals surface area contributed by atoms with E-state index in [0.717, 1.165) is 66.6 Å². The van der Waals surface area contributed by atoms with Crippen LogP contribution >= 0.6 is 11.3 Å². The SMILES string of the molecule is CC(C)(C)c1cccc(-c2nc3c(N4CCN(CCOc5ccc(NC(=O)c6cccs6)cc5)CC4)cccc3[nH]2)c1. The number of carbonyl (C=O) groups is 1. The van der Waals surface area contributed by atoms with Crippen LogP contribution in [0.15, 0.2) is 84.2 Å². The molecule has 1 aliphatic heterocycles. The summed E-state index contributed by atoms with van der Waals surface area (Å²) in [5.41, 5.74) is 6.55. The quantitative estimate of drug-likeness (QED) is 0.206. The van der Waals surface area contributed by atoms with Gasteiger partial charge in [0.05, 0.1) is 16.1 Å². The predicted molar refractivity (Wildman–Crippen MR) is 173 cm³/mol. The van der Waals surface area contributed by atoms with Gasteiger partial charge in [0.1, 0.15) is 23.7 Å². The van der Waals surface area contributed by atoms with Crippen molar-refractivity contribution in [1.29, 1.82) is 0 Å². The van der Waals surface area contributed by atoms with Gasteiger partial charge in [-0.1, -0.05) is 51.1 Å². The molecular weight excluding hydrogens is 542 g/mol. The smallest absolute Gasteiger partial charge is 0.265 e. The normalized spacial score (nSPS) is 14.3. The van der Waals surface area contributed by atoms with Crippen LogP contribution in [0.5, 0.6) is 5.75 Å². The summed E-state index contributed by atoms with van der Waals surface area (Å²) >= 11 is 1.43. The molecule has 42 heavy (non-hydrogen) atoms. The van der Waals surface area contributed by atoms with E-state index >= 15 is 0 Å². The molecule has 0 aliphatic carbocycles. The van der Waals surface area contributed by atoms with E-state index in [2.05, 4.69) is 83.3 Å². The lowest BCUT2D eigenvalue weighted by Gasteiger charge is -2.36. The number of hydrogen-bond donors (Lipinski definition) is 2. The Morgan fingerprint density at radius 3 is 2.50 bits per heavy atom. The minimum absolute atomic E-state index is 0.0891. The van der Waals surface area contributed by atoms with Crippen molar-refractivity contribution < 1.29 is 9.53 Å². The van der Waals surface area contributed by atoms with Crippen LogP contribution in [-0.4, -0.2) is 60.1 Å². The van der Waals surface area contributed by atoms with E-state index in [1.807, 2.05) is 41.8 Å². The minimum Gasteiger partial charge on any atom is -0.492 e. The van der Waals surface area contributed by atoms with Gasteiger partial charge < -0.3 is 19.9 Å². The second-order valence-corrected chi connectivity index (χ2v) is 12.7. The minimum atomic E-state index is -0.0901. The van der Waals surface area contributed by atoms with Crippen LogP contribution in [-0.2, 0) is 5.41 Å². The number of nitrogens with one attached hydrogen (secondary N) is 2. The first-order valence-electron chi connectivity index (χ1n) is 14.5. The molecule has 2 aromatic heterocycles. The molecule has 0 spiro atoms. The van der Waals surface area contributed by atoms with E-state index in [1.54, 1.807) is 0 Å². The molecule has 0 saturated carbocycles. The molecule has 2 N–H and O–H groups in total. The number of piperazine rings is 1. The van der Waals surface area contributed by atoms with E-state index in [4.69, 9.17) is 9.72 Å². The molecule has 0 radical (unpaired) electrons. The number of rotatable bonds is 8. The van der Waals surface area contributed by atoms with Crippen LogP contribution < -0.4 is 15.0 Å². The van der Waals surface area contributed by atoms with E-state index in [9.17, 15) is 4.79 Å². The number of H-pyrrole nitrogens is 1. The number of anilines is 2. The van der Waals surface area contributed by atoms with Crippen LogP contribution in [0.4, 0.5) is 11.4 Å². The zero-order valence-electron chi connectivity index (χ0n) is 24.4. The monoisotopic (exact) mass is 579 g/mol. The average molecular weight is 580 g/mol. The number of nitrogens with zero attached hydrogens (tertiary/aromatic N) is 3. The fraction of sp³-hybridized carbons (Fsp3) is 0.294.